The molecule has 0 aliphatic carbocycles. The van der Waals surface area contributed by atoms with Crippen molar-refractivity contribution < 1.29 is 9.59 Å². The second kappa shape index (κ2) is 9.21. The van der Waals surface area contributed by atoms with Crippen molar-refractivity contribution in [3.8, 4) is 0 Å². The van der Waals surface area contributed by atoms with E-state index in [1.807, 2.05) is 27.7 Å². The van der Waals surface area contributed by atoms with Crippen LogP contribution in [0, 0.1) is 0 Å². The highest BCUT2D eigenvalue weighted by Gasteiger charge is 2.20. The molecule has 0 bridgehead atoms. The van der Waals surface area contributed by atoms with Crippen LogP contribution in [0.25, 0.3) is 16.7 Å². The Morgan fingerprint density at radius 2 is 1.91 bits per heavy atom. The van der Waals surface area contributed by atoms with Crippen molar-refractivity contribution in [2.75, 3.05) is 0 Å². The third-order valence-corrected chi connectivity index (χ3v) is 5.08. The maximum atomic E-state index is 13.2. The Balaban J connectivity index is 2.24. The summed E-state index contributed by atoms with van der Waals surface area (Å²) in [5.41, 5.74) is -0.393. The lowest BCUT2D eigenvalue weighted by Gasteiger charge is -2.11. The first-order chi connectivity index (χ1) is 15.2. The van der Waals surface area contributed by atoms with Crippen LogP contribution in [0.2, 0.25) is 0 Å². The van der Waals surface area contributed by atoms with Gasteiger partial charge in [-0.1, -0.05) is 13.0 Å². The molecular weight excluding hydrogens is 412 g/mol. The second-order valence-electron chi connectivity index (χ2n) is 8.02. The van der Waals surface area contributed by atoms with Gasteiger partial charge in [-0.3, -0.25) is 19.0 Å². The molecular formula is C22H28N6O4. The van der Waals surface area contributed by atoms with Gasteiger partial charge < -0.3 is 10.6 Å². The van der Waals surface area contributed by atoms with Crippen molar-refractivity contribution in [1.29, 1.82) is 0 Å². The molecule has 1 aromatic carbocycles. The summed E-state index contributed by atoms with van der Waals surface area (Å²) in [5, 5.41) is 10.1. The van der Waals surface area contributed by atoms with Crippen molar-refractivity contribution in [2.45, 2.75) is 59.3 Å². The molecule has 170 valence electrons. The van der Waals surface area contributed by atoms with Crippen molar-refractivity contribution >= 4 is 28.5 Å². The number of nitrogens with one attached hydrogen (secondary N) is 2. The normalized spacial score (nSPS) is 12.3. The number of nitrogens with zero attached hydrogens (tertiary/aromatic N) is 4. The van der Waals surface area contributed by atoms with Crippen LogP contribution in [0.3, 0.4) is 0 Å². The third-order valence-electron chi connectivity index (χ3n) is 5.08. The summed E-state index contributed by atoms with van der Waals surface area (Å²) in [6, 6.07) is 4.43. The lowest BCUT2D eigenvalue weighted by atomic mass is 10.1. The van der Waals surface area contributed by atoms with Crippen LogP contribution < -0.4 is 21.9 Å². The number of allylic oxidation sites excluding steroid dienone is 1. The molecule has 0 spiro atoms. The fourth-order valence-electron chi connectivity index (χ4n) is 3.36. The van der Waals surface area contributed by atoms with Crippen LogP contribution in [-0.2, 0) is 17.9 Å². The molecule has 0 fully saturated rings. The van der Waals surface area contributed by atoms with Crippen LogP contribution in [0.15, 0.2) is 40.4 Å². The zero-order chi connectivity index (χ0) is 23.6. The van der Waals surface area contributed by atoms with E-state index < -0.39 is 5.69 Å². The highest BCUT2D eigenvalue weighted by molar-refractivity contribution is 5.98. The summed E-state index contributed by atoms with van der Waals surface area (Å²) in [4.78, 5) is 51.1. The smallest absolute Gasteiger partial charge is 0.352 e. The van der Waals surface area contributed by atoms with Gasteiger partial charge in [0.15, 0.2) is 0 Å². The zero-order valence-electron chi connectivity index (χ0n) is 18.7. The molecule has 0 aliphatic rings. The number of hydrogen-bond donors (Lipinski definition) is 2. The molecule has 2 heterocycles. The van der Waals surface area contributed by atoms with E-state index in [9.17, 15) is 19.2 Å². The van der Waals surface area contributed by atoms with Crippen molar-refractivity contribution in [2.24, 2.45) is 0 Å². The number of aromatic nitrogens is 4. The Morgan fingerprint density at radius 1 is 1.19 bits per heavy atom. The largest absolute Gasteiger partial charge is 0.352 e. The van der Waals surface area contributed by atoms with Crippen molar-refractivity contribution in [1.82, 2.24) is 29.4 Å². The van der Waals surface area contributed by atoms with E-state index in [2.05, 4.69) is 22.3 Å². The van der Waals surface area contributed by atoms with Crippen LogP contribution in [0.1, 0.15) is 44.5 Å². The first-order valence-corrected chi connectivity index (χ1v) is 10.5. The van der Waals surface area contributed by atoms with E-state index in [1.54, 1.807) is 6.07 Å². The number of benzene rings is 1. The number of carbonyl (C=O) groups excluding carboxylic acids is 2. The van der Waals surface area contributed by atoms with Crippen LogP contribution >= 0.6 is 0 Å². The van der Waals surface area contributed by atoms with Crippen LogP contribution in [-0.4, -0.2) is 42.6 Å². The van der Waals surface area contributed by atoms with Gasteiger partial charge in [0, 0.05) is 24.2 Å². The first kappa shape index (κ1) is 23.0. The average molecular weight is 441 g/mol. The fourth-order valence-corrected chi connectivity index (χ4v) is 3.36. The Labute approximate surface area is 184 Å². The van der Waals surface area contributed by atoms with Gasteiger partial charge in [0.25, 0.3) is 11.5 Å². The minimum atomic E-state index is -0.580. The van der Waals surface area contributed by atoms with Gasteiger partial charge >= 0.3 is 5.69 Å². The lowest BCUT2D eigenvalue weighted by Crippen LogP contribution is -2.37. The van der Waals surface area contributed by atoms with Gasteiger partial charge in [0.2, 0.25) is 11.7 Å². The highest BCUT2D eigenvalue weighted by Crippen LogP contribution is 2.14. The Morgan fingerprint density at radius 3 is 2.53 bits per heavy atom. The maximum absolute atomic E-state index is 13.2. The van der Waals surface area contributed by atoms with Gasteiger partial charge in [0.1, 0.15) is 6.54 Å². The molecule has 0 aliphatic heterocycles. The predicted molar refractivity (Wildman–Crippen MR) is 122 cm³/mol. The minimum Gasteiger partial charge on any atom is -0.352 e. The molecule has 0 saturated carbocycles. The Kier molecular flexibility index (Phi) is 6.61. The lowest BCUT2D eigenvalue weighted by molar-refractivity contribution is -0.122. The molecule has 2 aromatic heterocycles. The Bertz CT molecular complexity index is 1310. The summed E-state index contributed by atoms with van der Waals surface area (Å²) >= 11 is 0. The number of hydrogen-bond acceptors (Lipinski definition) is 5. The van der Waals surface area contributed by atoms with Gasteiger partial charge in [0.05, 0.1) is 10.9 Å². The number of rotatable bonds is 8. The van der Waals surface area contributed by atoms with Crippen molar-refractivity contribution in [3.63, 3.8) is 0 Å². The van der Waals surface area contributed by atoms with Gasteiger partial charge in [-0.2, -0.15) is 0 Å². The Hall–Kier alpha value is -3.69. The molecule has 1 unspecified atom stereocenters. The molecule has 10 nitrogen and oxygen atoms in total. The molecule has 0 radical (unpaired) electrons. The molecule has 2 amide bonds. The summed E-state index contributed by atoms with van der Waals surface area (Å²) in [6.45, 7) is 11.0. The molecule has 1 atom stereocenters. The molecule has 0 saturated heterocycles. The standard InChI is InChI=1S/C22H28N6O4/c1-6-10-26-20(31)16-9-8-15(19(30)23-13(3)4)11-17(16)28-21(26)25-27(22(28)32)12-18(29)24-14(5)7-2/h6,8-9,11,13-14H,1,7,10,12H2,2-5H3,(H,23,30)(H,24,29). The molecule has 3 aromatic rings. The predicted octanol–water partition coefficient (Wildman–Crippen LogP) is 1.05. The van der Waals surface area contributed by atoms with E-state index >= 15 is 0 Å². The van der Waals surface area contributed by atoms with Crippen molar-refractivity contribution in [3.05, 3.63) is 57.3 Å². The number of carbonyl (C=O) groups is 2. The summed E-state index contributed by atoms with van der Waals surface area (Å²) in [7, 11) is 0. The molecule has 10 heteroatoms. The molecule has 3 rings (SSSR count). The van der Waals surface area contributed by atoms with E-state index in [4.69, 9.17) is 0 Å². The fraction of sp³-hybridized carbons (Fsp3) is 0.409. The average Bonchev–Trinajstić information content (AvgIpc) is 3.05. The highest BCUT2D eigenvalue weighted by atomic mass is 16.2. The monoisotopic (exact) mass is 440 g/mol. The number of fused-ring (bicyclic) bond motifs is 3. The van der Waals surface area contributed by atoms with Gasteiger partial charge in [-0.05, 0) is 45.4 Å². The summed E-state index contributed by atoms with van der Waals surface area (Å²) in [5.74, 6) is -0.604. The van der Waals surface area contributed by atoms with Gasteiger partial charge in [-0.25, -0.2) is 13.9 Å². The first-order valence-electron chi connectivity index (χ1n) is 10.5. The summed E-state index contributed by atoms with van der Waals surface area (Å²) in [6.07, 6.45) is 2.27. The van der Waals surface area contributed by atoms with E-state index in [1.165, 1.54) is 27.2 Å². The molecule has 32 heavy (non-hydrogen) atoms. The number of amides is 2. The van der Waals surface area contributed by atoms with E-state index in [0.717, 1.165) is 11.1 Å². The summed E-state index contributed by atoms with van der Waals surface area (Å²) < 4.78 is 3.59. The van der Waals surface area contributed by atoms with Crippen LogP contribution in [0.5, 0.6) is 0 Å². The molecule has 2 N–H and O–H groups in total. The third kappa shape index (κ3) is 4.34. The van der Waals surface area contributed by atoms with E-state index in [0.29, 0.717) is 5.56 Å². The second-order valence-corrected chi connectivity index (χ2v) is 8.02. The topological polar surface area (TPSA) is 120 Å². The van der Waals surface area contributed by atoms with Gasteiger partial charge in [-0.15, -0.1) is 11.7 Å². The van der Waals surface area contributed by atoms with Crippen LogP contribution in [0.4, 0.5) is 0 Å². The zero-order valence-corrected chi connectivity index (χ0v) is 18.7. The maximum Gasteiger partial charge on any atom is 0.352 e. The minimum absolute atomic E-state index is 0.0444. The SMILES string of the molecule is C=CCn1c(=O)c2ccc(C(=O)NC(C)C)cc2n2c(=O)n(CC(=O)NC(C)CC)nc12. The quantitative estimate of drug-likeness (QED) is 0.508. The van der Waals surface area contributed by atoms with E-state index in [-0.39, 0.29) is 59.2 Å².